The van der Waals surface area contributed by atoms with E-state index in [0.29, 0.717) is 6.54 Å². The summed E-state index contributed by atoms with van der Waals surface area (Å²) in [4.78, 5) is 2.15. The van der Waals surface area contributed by atoms with Gasteiger partial charge in [-0.15, -0.1) is 0 Å². The lowest BCUT2D eigenvalue weighted by Crippen LogP contribution is -2.38. The molecule has 6 heteroatoms. The average molecular weight is 256 g/mol. The van der Waals surface area contributed by atoms with Crippen molar-refractivity contribution >= 4 is 15.7 Å². The topological polar surface area (TPSA) is 83.6 Å². The molecule has 1 aliphatic rings. The predicted molar refractivity (Wildman–Crippen MR) is 65.3 cm³/mol. The molecule has 2 rings (SSSR count). The number of anilines is 1. The molecule has 1 heterocycles. The van der Waals surface area contributed by atoms with Crippen molar-refractivity contribution in [2.24, 2.45) is 5.14 Å². The number of primary sulfonamides is 1. The fraction of sp³-hybridized carbons (Fsp3) is 0.455. The van der Waals surface area contributed by atoms with Gasteiger partial charge in [-0.05, 0) is 37.1 Å². The van der Waals surface area contributed by atoms with Crippen LogP contribution >= 0.6 is 0 Å². The van der Waals surface area contributed by atoms with Gasteiger partial charge < -0.3 is 10.0 Å². The fourth-order valence-corrected chi connectivity index (χ4v) is 2.55. The maximum atomic E-state index is 11.1. The standard InChI is InChI=1S/C11H16N2O3S/c12-17(15,16)11-5-3-9(4-6-11)13-7-1-2-10(14)8-13/h3-6,10,14H,1-2,7-8H2,(H2,12,15,16)/t10-/m0/s1. The van der Waals surface area contributed by atoms with Gasteiger partial charge in [0.1, 0.15) is 0 Å². The van der Waals surface area contributed by atoms with Crippen molar-refractivity contribution in [1.29, 1.82) is 0 Å². The quantitative estimate of drug-likeness (QED) is 0.797. The monoisotopic (exact) mass is 256 g/mol. The molecule has 1 fully saturated rings. The van der Waals surface area contributed by atoms with Crippen LogP contribution in [0, 0.1) is 0 Å². The van der Waals surface area contributed by atoms with Crippen LogP contribution in [0.3, 0.4) is 0 Å². The van der Waals surface area contributed by atoms with Crippen LogP contribution < -0.4 is 10.0 Å². The van der Waals surface area contributed by atoms with E-state index in [0.717, 1.165) is 25.1 Å². The first-order valence-electron chi connectivity index (χ1n) is 5.53. The van der Waals surface area contributed by atoms with Crippen LogP contribution in [0.5, 0.6) is 0 Å². The highest BCUT2D eigenvalue weighted by molar-refractivity contribution is 7.89. The lowest BCUT2D eigenvalue weighted by atomic mass is 10.1. The minimum absolute atomic E-state index is 0.110. The van der Waals surface area contributed by atoms with Crippen LogP contribution in [0.1, 0.15) is 12.8 Å². The summed E-state index contributed by atoms with van der Waals surface area (Å²) in [5.74, 6) is 0. The first-order valence-corrected chi connectivity index (χ1v) is 7.07. The zero-order valence-corrected chi connectivity index (χ0v) is 10.2. The normalized spacial score (nSPS) is 21.5. The minimum atomic E-state index is -3.63. The van der Waals surface area contributed by atoms with E-state index in [1.54, 1.807) is 12.1 Å². The second-order valence-corrected chi connectivity index (χ2v) is 5.84. The SMILES string of the molecule is NS(=O)(=O)c1ccc(N2CCC[C@H](O)C2)cc1. The summed E-state index contributed by atoms with van der Waals surface area (Å²) in [5.41, 5.74) is 0.913. The third kappa shape index (κ3) is 2.96. The van der Waals surface area contributed by atoms with Gasteiger partial charge in [-0.1, -0.05) is 0 Å². The van der Waals surface area contributed by atoms with Crippen LogP contribution in [-0.2, 0) is 10.0 Å². The van der Waals surface area contributed by atoms with Crippen molar-refractivity contribution in [3.63, 3.8) is 0 Å². The van der Waals surface area contributed by atoms with E-state index in [1.807, 2.05) is 4.90 Å². The Bertz CT molecular complexity index is 484. The zero-order valence-electron chi connectivity index (χ0n) is 9.41. The summed E-state index contributed by atoms with van der Waals surface area (Å²) in [6.45, 7) is 1.47. The third-order valence-electron chi connectivity index (χ3n) is 2.93. The molecule has 1 saturated heterocycles. The number of aliphatic hydroxyl groups is 1. The molecule has 17 heavy (non-hydrogen) atoms. The predicted octanol–water partition coefficient (Wildman–Crippen LogP) is 0.295. The highest BCUT2D eigenvalue weighted by Crippen LogP contribution is 2.21. The van der Waals surface area contributed by atoms with E-state index in [9.17, 15) is 13.5 Å². The summed E-state index contributed by atoms with van der Waals surface area (Å²) >= 11 is 0. The molecule has 1 atom stereocenters. The summed E-state index contributed by atoms with van der Waals surface area (Å²) in [5, 5.41) is 14.6. The number of nitrogens with two attached hydrogens (primary N) is 1. The summed E-state index contributed by atoms with van der Waals surface area (Å²) in [6.07, 6.45) is 1.46. The molecule has 3 N–H and O–H groups in total. The van der Waals surface area contributed by atoms with Gasteiger partial charge in [0.2, 0.25) is 10.0 Å². The molecule has 0 saturated carbocycles. The van der Waals surface area contributed by atoms with E-state index >= 15 is 0 Å². The van der Waals surface area contributed by atoms with Crippen molar-refractivity contribution in [3.8, 4) is 0 Å². The maximum Gasteiger partial charge on any atom is 0.238 e. The smallest absolute Gasteiger partial charge is 0.238 e. The molecule has 0 bridgehead atoms. The maximum absolute atomic E-state index is 11.1. The molecule has 0 radical (unpaired) electrons. The third-order valence-corrected chi connectivity index (χ3v) is 3.86. The van der Waals surface area contributed by atoms with Crippen LogP contribution in [0.2, 0.25) is 0 Å². The van der Waals surface area contributed by atoms with Gasteiger partial charge in [0, 0.05) is 18.8 Å². The number of piperidine rings is 1. The van der Waals surface area contributed by atoms with E-state index in [-0.39, 0.29) is 11.0 Å². The van der Waals surface area contributed by atoms with Gasteiger partial charge in [-0.3, -0.25) is 0 Å². The Morgan fingerprint density at radius 3 is 2.47 bits per heavy atom. The van der Waals surface area contributed by atoms with Crippen LogP contribution in [0.25, 0.3) is 0 Å². The van der Waals surface area contributed by atoms with E-state index in [4.69, 9.17) is 5.14 Å². The van der Waals surface area contributed by atoms with E-state index in [2.05, 4.69) is 0 Å². The summed E-state index contributed by atoms with van der Waals surface area (Å²) < 4.78 is 22.2. The van der Waals surface area contributed by atoms with Gasteiger partial charge in [0.05, 0.1) is 11.0 Å². The Morgan fingerprint density at radius 1 is 1.29 bits per heavy atom. The largest absolute Gasteiger partial charge is 0.391 e. The number of rotatable bonds is 2. The Morgan fingerprint density at radius 2 is 1.94 bits per heavy atom. The van der Waals surface area contributed by atoms with Crippen LogP contribution in [0.4, 0.5) is 5.69 Å². The zero-order chi connectivity index (χ0) is 12.5. The molecule has 0 amide bonds. The van der Waals surface area contributed by atoms with Crippen molar-refractivity contribution in [3.05, 3.63) is 24.3 Å². The molecule has 0 spiro atoms. The number of aliphatic hydroxyl groups excluding tert-OH is 1. The number of nitrogens with zero attached hydrogens (tertiary/aromatic N) is 1. The highest BCUT2D eigenvalue weighted by Gasteiger charge is 2.18. The van der Waals surface area contributed by atoms with Gasteiger partial charge in [0.25, 0.3) is 0 Å². The van der Waals surface area contributed by atoms with Crippen molar-refractivity contribution in [1.82, 2.24) is 0 Å². The van der Waals surface area contributed by atoms with Crippen molar-refractivity contribution in [2.45, 2.75) is 23.8 Å². The first kappa shape index (κ1) is 12.3. The Labute approximate surface area is 101 Å². The first-order chi connectivity index (χ1) is 7.97. The summed E-state index contributed by atoms with van der Waals surface area (Å²) in [7, 11) is -3.63. The lowest BCUT2D eigenvalue weighted by Gasteiger charge is -2.32. The Balaban J connectivity index is 2.18. The minimum Gasteiger partial charge on any atom is -0.391 e. The van der Waals surface area contributed by atoms with E-state index in [1.165, 1.54) is 12.1 Å². The Kier molecular flexibility index (Phi) is 3.37. The highest BCUT2D eigenvalue weighted by atomic mass is 32.2. The van der Waals surface area contributed by atoms with Gasteiger partial charge in [-0.25, -0.2) is 13.6 Å². The number of benzene rings is 1. The van der Waals surface area contributed by atoms with Gasteiger partial charge >= 0.3 is 0 Å². The number of sulfonamides is 1. The molecular formula is C11H16N2O3S. The average Bonchev–Trinajstić information content (AvgIpc) is 2.28. The van der Waals surface area contributed by atoms with Crippen LogP contribution in [-0.4, -0.2) is 32.7 Å². The molecule has 1 aromatic rings. The number of hydrogen-bond acceptors (Lipinski definition) is 4. The van der Waals surface area contributed by atoms with Crippen molar-refractivity contribution < 1.29 is 13.5 Å². The molecule has 1 aromatic carbocycles. The molecule has 94 valence electrons. The number of hydrogen-bond donors (Lipinski definition) is 2. The second kappa shape index (κ2) is 4.64. The Hall–Kier alpha value is -1.11. The fourth-order valence-electron chi connectivity index (χ4n) is 2.04. The van der Waals surface area contributed by atoms with E-state index < -0.39 is 10.0 Å². The summed E-state index contributed by atoms with van der Waals surface area (Å²) in [6, 6.07) is 6.42. The molecule has 1 aliphatic heterocycles. The molecule has 5 nitrogen and oxygen atoms in total. The van der Waals surface area contributed by atoms with Crippen LogP contribution in [0.15, 0.2) is 29.2 Å². The van der Waals surface area contributed by atoms with Gasteiger partial charge in [-0.2, -0.15) is 0 Å². The molecule has 0 unspecified atom stereocenters. The second-order valence-electron chi connectivity index (χ2n) is 4.28. The lowest BCUT2D eigenvalue weighted by molar-refractivity contribution is 0.154. The number of β-amino-alcohol motifs (C(OH)–C–C–N with tert-alkyl or cyclic N) is 1. The van der Waals surface area contributed by atoms with Gasteiger partial charge in [0.15, 0.2) is 0 Å². The molecule has 0 aliphatic carbocycles. The molecule has 0 aromatic heterocycles. The van der Waals surface area contributed by atoms with Crippen molar-refractivity contribution in [2.75, 3.05) is 18.0 Å². The molecular weight excluding hydrogens is 240 g/mol.